The van der Waals surface area contributed by atoms with E-state index in [0.717, 1.165) is 0 Å². The molecular formula is C3H24N3Na3O9S3. The third-order valence-corrected chi connectivity index (χ3v) is 1.29. The third-order valence-electron chi connectivity index (χ3n) is 0.681. The molecule has 0 radical (unpaired) electrons. The number of aromatic nitrogens is 3. The second kappa shape index (κ2) is 49.5. The van der Waals surface area contributed by atoms with Gasteiger partial charge < -0.3 is 68.5 Å². The Morgan fingerprint density at radius 1 is 0.429 bits per heavy atom. The van der Waals surface area contributed by atoms with Gasteiger partial charge >= 0.3 is 88.7 Å². The first-order valence-corrected chi connectivity index (χ1v) is 3.34. The third kappa shape index (κ3) is 44.9. The number of H-pyrrole nitrogens is 3. The second-order valence-electron chi connectivity index (χ2n) is 1.36. The van der Waals surface area contributed by atoms with Crippen LogP contribution in [0.25, 0.3) is 0 Å². The average Bonchev–Trinajstić information content (AvgIpc) is 1.59. The van der Waals surface area contributed by atoms with Gasteiger partial charge in [0, 0.05) is 0 Å². The van der Waals surface area contributed by atoms with Crippen LogP contribution in [0.4, 0.5) is 0 Å². The molecular weight excluding hydrogens is 387 g/mol. The van der Waals surface area contributed by atoms with Gasteiger partial charge in [0.25, 0.3) is 0 Å². The van der Waals surface area contributed by atoms with Crippen LogP contribution in [0.5, 0.6) is 0 Å². The Morgan fingerprint density at radius 2 is 0.524 bits per heavy atom. The molecule has 126 valence electrons. The summed E-state index contributed by atoms with van der Waals surface area (Å²) in [5, 5.41) is 0. The first kappa shape index (κ1) is 90.7. The molecule has 0 fully saturated rings. The topological polar surface area (TPSA) is 331 Å². The van der Waals surface area contributed by atoms with Gasteiger partial charge in [-0.25, -0.2) is 0 Å². The van der Waals surface area contributed by atoms with E-state index in [9.17, 15) is 0 Å². The SMILES string of the molecule is O.O.O.O.O.O.O.O.O.S=c1[nH]c(=S)[nH]c(=S)[nH]1.[H-].[H-].[H-].[Na+].[Na+].[Na+]. The fourth-order valence-electron chi connectivity index (χ4n) is 0.403. The molecule has 0 atom stereocenters. The van der Waals surface area contributed by atoms with Gasteiger partial charge in [-0.3, -0.25) is 0 Å². The fraction of sp³-hybridized carbons (Fsp3) is 0. The minimum Gasteiger partial charge on any atom is -1.00 e. The minimum atomic E-state index is 0. The summed E-state index contributed by atoms with van der Waals surface area (Å²) in [5.41, 5.74) is 0. The molecule has 18 heteroatoms. The smallest absolute Gasteiger partial charge is 1.00 e. The van der Waals surface area contributed by atoms with Crippen molar-refractivity contribution in [2.75, 3.05) is 0 Å². The summed E-state index contributed by atoms with van der Waals surface area (Å²) in [6.45, 7) is 0. The van der Waals surface area contributed by atoms with Crippen molar-refractivity contribution in [3.05, 3.63) is 14.3 Å². The Labute approximate surface area is 205 Å². The van der Waals surface area contributed by atoms with Crippen molar-refractivity contribution in [3.8, 4) is 0 Å². The summed E-state index contributed by atoms with van der Waals surface area (Å²) in [5.74, 6) is 0. The molecule has 0 aromatic carbocycles. The van der Waals surface area contributed by atoms with Crippen LogP contribution in [0.2, 0.25) is 0 Å². The number of aromatic amines is 3. The standard InChI is InChI=1S/C3H3N3S3.3Na.9H2O.3H/c7-1-4-2(8)6-3(9)5-1;;;;;;;;;;;;;;;/h(H3,4,5,6,7,8,9);;;;9*1H2;;;/q;3*+1;;;;;;;;;;3*-1. The fourth-order valence-corrected chi connectivity index (χ4v) is 1.21. The largest absolute Gasteiger partial charge is 1.00 e. The van der Waals surface area contributed by atoms with Gasteiger partial charge in [0.1, 0.15) is 0 Å². The molecule has 0 saturated heterocycles. The van der Waals surface area contributed by atoms with E-state index in [2.05, 4.69) is 15.0 Å². The van der Waals surface area contributed by atoms with Crippen LogP contribution in [0.3, 0.4) is 0 Å². The molecule has 0 spiro atoms. The first-order chi connectivity index (χ1) is 4.18. The first-order valence-electron chi connectivity index (χ1n) is 2.11. The van der Waals surface area contributed by atoms with Gasteiger partial charge in [0.2, 0.25) is 0 Å². The van der Waals surface area contributed by atoms with Crippen LogP contribution in [0.1, 0.15) is 4.28 Å². The van der Waals surface area contributed by atoms with Crippen molar-refractivity contribution in [3.63, 3.8) is 0 Å². The maximum atomic E-state index is 4.72. The molecule has 1 aromatic heterocycles. The average molecular weight is 411 g/mol. The molecule has 0 aliphatic rings. The Kier molecular flexibility index (Phi) is 214. The van der Waals surface area contributed by atoms with Gasteiger partial charge in [-0.2, -0.15) is 0 Å². The van der Waals surface area contributed by atoms with Crippen LogP contribution >= 0.6 is 36.7 Å². The van der Waals surface area contributed by atoms with Gasteiger partial charge in [-0.1, -0.05) is 0 Å². The van der Waals surface area contributed by atoms with Crippen LogP contribution in [0.15, 0.2) is 0 Å². The van der Waals surface area contributed by atoms with Crippen molar-refractivity contribution < 1.29 is 142 Å². The number of rotatable bonds is 0. The van der Waals surface area contributed by atoms with Crippen LogP contribution in [-0.4, -0.2) is 64.2 Å². The molecule has 12 nitrogen and oxygen atoms in total. The molecule has 0 bridgehead atoms. The van der Waals surface area contributed by atoms with Gasteiger partial charge in [-0.15, -0.1) is 0 Å². The second-order valence-corrected chi connectivity index (χ2v) is 2.59. The summed E-state index contributed by atoms with van der Waals surface area (Å²) in [4.78, 5) is 7.99. The number of hydrogen-bond donors (Lipinski definition) is 3. The molecule has 0 amide bonds. The predicted octanol–water partition coefficient (Wildman–Crippen LogP) is -14.2. The van der Waals surface area contributed by atoms with Gasteiger partial charge in [0.15, 0.2) is 14.3 Å². The zero-order valence-electron chi connectivity index (χ0n) is 14.7. The Bertz CT molecular complexity index is 320. The molecule has 1 heterocycles. The van der Waals surface area contributed by atoms with Gasteiger partial charge in [0.05, 0.1) is 0 Å². The van der Waals surface area contributed by atoms with E-state index in [4.69, 9.17) is 36.7 Å². The monoisotopic (exact) mass is 411 g/mol. The summed E-state index contributed by atoms with van der Waals surface area (Å²) in [7, 11) is 0. The summed E-state index contributed by atoms with van der Waals surface area (Å²) >= 11 is 14.2. The Balaban J connectivity index is -0.00000000415. The van der Waals surface area contributed by atoms with E-state index in [-0.39, 0.29) is 142 Å². The summed E-state index contributed by atoms with van der Waals surface area (Å²) in [6, 6.07) is 0. The maximum absolute atomic E-state index is 4.72. The van der Waals surface area contributed by atoms with E-state index < -0.39 is 0 Å². The predicted molar refractivity (Wildman–Crippen MR) is 77.9 cm³/mol. The van der Waals surface area contributed by atoms with E-state index in [0.29, 0.717) is 14.3 Å². The normalized spacial score (nSPS) is 4.00. The molecule has 0 aliphatic carbocycles. The quantitative estimate of drug-likeness (QED) is 0.276. The van der Waals surface area contributed by atoms with Crippen LogP contribution in [0, 0.1) is 14.3 Å². The molecule has 21 heavy (non-hydrogen) atoms. The van der Waals surface area contributed by atoms with E-state index in [1.54, 1.807) is 0 Å². The van der Waals surface area contributed by atoms with Crippen LogP contribution in [-0.2, 0) is 0 Å². The zero-order chi connectivity index (χ0) is 6.85. The van der Waals surface area contributed by atoms with E-state index in [1.165, 1.54) is 0 Å². The maximum Gasteiger partial charge on any atom is 1.00 e. The van der Waals surface area contributed by atoms with E-state index in [1.807, 2.05) is 0 Å². The summed E-state index contributed by atoms with van der Waals surface area (Å²) < 4.78 is 1.34. The van der Waals surface area contributed by atoms with Crippen molar-refractivity contribution in [1.82, 2.24) is 15.0 Å². The molecule has 0 unspecified atom stereocenters. The van der Waals surface area contributed by atoms with Crippen molar-refractivity contribution >= 4 is 36.7 Å². The Morgan fingerprint density at radius 3 is 0.619 bits per heavy atom. The van der Waals surface area contributed by atoms with Crippen molar-refractivity contribution in [2.45, 2.75) is 0 Å². The molecule has 21 N–H and O–H groups in total. The van der Waals surface area contributed by atoms with E-state index >= 15 is 0 Å². The van der Waals surface area contributed by atoms with Gasteiger partial charge in [-0.05, 0) is 36.7 Å². The number of nitrogens with one attached hydrogen (secondary N) is 3. The van der Waals surface area contributed by atoms with Crippen molar-refractivity contribution in [1.29, 1.82) is 0 Å². The zero-order valence-corrected chi connectivity index (χ0v) is 20.2. The minimum absolute atomic E-state index is 0. The molecule has 0 aliphatic heterocycles. The Hall–Kier alpha value is 2.31. The molecule has 1 rings (SSSR count). The summed E-state index contributed by atoms with van der Waals surface area (Å²) in [6.07, 6.45) is 0. The number of hydrogen-bond acceptors (Lipinski definition) is 3. The molecule has 1 aromatic rings. The van der Waals surface area contributed by atoms with Crippen LogP contribution < -0.4 is 88.7 Å². The molecule has 0 saturated carbocycles. The van der Waals surface area contributed by atoms with Crippen molar-refractivity contribution in [2.24, 2.45) is 0 Å².